The Morgan fingerprint density at radius 3 is 2.18 bits per heavy atom. The minimum atomic E-state index is 1.13. The second-order valence-electron chi connectivity index (χ2n) is 2.45. The van der Waals surface area contributed by atoms with Crippen LogP contribution in [0.4, 0.5) is 0 Å². The van der Waals surface area contributed by atoms with Crippen LogP contribution in [0, 0.1) is 0 Å². The van der Waals surface area contributed by atoms with Gasteiger partial charge in [0.25, 0.3) is 0 Å². The quantitative estimate of drug-likeness (QED) is 0.761. The molecule has 0 fully saturated rings. The van der Waals surface area contributed by atoms with Crippen LogP contribution >= 0.6 is 31.9 Å². The number of halogens is 2. The van der Waals surface area contributed by atoms with Crippen molar-refractivity contribution < 1.29 is 0 Å². The predicted octanol–water partition coefficient (Wildman–Crippen LogP) is 4.16. The summed E-state index contributed by atoms with van der Waals surface area (Å²) in [5, 5.41) is 0. The van der Waals surface area contributed by atoms with E-state index < -0.39 is 0 Å². The van der Waals surface area contributed by atoms with Crippen molar-refractivity contribution in [2.45, 2.75) is 19.8 Å². The zero-order chi connectivity index (χ0) is 8.27. The standard InChI is InChI=1S/C9H10Br2/c1-2-4-7-8(10)5-3-6-9(7)11/h3,5-6H,2,4H2,1H3. The number of rotatable bonds is 2. The Balaban J connectivity index is 3.00. The van der Waals surface area contributed by atoms with E-state index in [4.69, 9.17) is 0 Å². The van der Waals surface area contributed by atoms with Crippen LogP contribution in [0.3, 0.4) is 0 Å². The maximum absolute atomic E-state index is 3.52. The molecule has 60 valence electrons. The highest BCUT2D eigenvalue weighted by molar-refractivity contribution is 9.11. The van der Waals surface area contributed by atoms with Crippen molar-refractivity contribution >= 4 is 31.9 Å². The van der Waals surface area contributed by atoms with E-state index in [1.807, 2.05) is 6.07 Å². The Hall–Kier alpha value is 0.180. The highest BCUT2D eigenvalue weighted by atomic mass is 79.9. The molecule has 1 aromatic rings. The van der Waals surface area contributed by atoms with Gasteiger partial charge in [0.1, 0.15) is 0 Å². The van der Waals surface area contributed by atoms with Gasteiger partial charge in [0.15, 0.2) is 0 Å². The summed E-state index contributed by atoms with van der Waals surface area (Å²) in [6, 6.07) is 6.19. The summed E-state index contributed by atoms with van der Waals surface area (Å²) in [6.07, 6.45) is 2.31. The van der Waals surface area contributed by atoms with Gasteiger partial charge in [0.05, 0.1) is 0 Å². The molecule has 0 spiro atoms. The zero-order valence-electron chi connectivity index (χ0n) is 6.40. The molecular formula is C9H10Br2. The van der Waals surface area contributed by atoms with Gasteiger partial charge in [-0.05, 0) is 24.1 Å². The molecule has 0 aliphatic carbocycles. The summed E-state index contributed by atoms with van der Waals surface area (Å²) in [6.45, 7) is 2.19. The molecule has 1 rings (SSSR count). The molecular weight excluding hydrogens is 268 g/mol. The Labute approximate surface area is 84.3 Å². The Kier molecular flexibility index (Phi) is 3.60. The molecule has 11 heavy (non-hydrogen) atoms. The summed E-state index contributed by atoms with van der Waals surface area (Å²) in [5.41, 5.74) is 1.37. The largest absolute Gasteiger partial charge is 0.0651 e. The van der Waals surface area contributed by atoms with Crippen molar-refractivity contribution in [3.05, 3.63) is 32.7 Å². The molecule has 0 aliphatic heterocycles. The van der Waals surface area contributed by atoms with Crippen LogP contribution in [0.15, 0.2) is 27.1 Å². The maximum atomic E-state index is 3.52. The monoisotopic (exact) mass is 276 g/mol. The third-order valence-corrected chi connectivity index (χ3v) is 3.05. The molecule has 0 aliphatic rings. The third-order valence-electron chi connectivity index (χ3n) is 1.56. The lowest BCUT2D eigenvalue weighted by atomic mass is 10.1. The molecule has 0 aromatic heterocycles. The zero-order valence-corrected chi connectivity index (χ0v) is 9.57. The van der Waals surface area contributed by atoms with E-state index in [1.165, 1.54) is 20.9 Å². The van der Waals surface area contributed by atoms with Crippen LogP contribution in [0.1, 0.15) is 18.9 Å². The van der Waals surface area contributed by atoms with Crippen molar-refractivity contribution in [1.29, 1.82) is 0 Å². The van der Waals surface area contributed by atoms with Crippen LogP contribution in [-0.4, -0.2) is 0 Å². The van der Waals surface area contributed by atoms with Crippen LogP contribution in [0.2, 0.25) is 0 Å². The lowest BCUT2D eigenvalue weighted by Crippen LogP contribution is -1.86. The summed E-state index contributed by atoms with van der Waals surface area (Å²) >= 11 is 7.04. The van der Waals surface area contributed by atoms with Crippen molar-refractivity contribution in [1.82, 2.24) is 0 Å². The predicted molar refractivity (Wildman–Crippen MR) is 55.8 cm³/mol. The SMILES string of the molecule is CCCc1c(Br)cccc1Br. The molecule has 0 nitrogen and oxygen atoms in total. The molecule has 0 N–H and O–H groups in total. The van der Waals surface area contributed by atoms with Gasteiger partial charge in [-0.25, -0.2) is 0 Å². The van der Waals surface area contributed by atoms with Gasteiger partial charge in [-0.1, -0.05) is 51.3 Å². The van der Waals surface area contributed by atoms with Gasteiger partial charge in [-0.2, -0.15) is 0 Å². The minimum absolute atomic E-state index is 1.13. The lowest BCUT2D eigenvalue weighted by molar-refractivity contribution is 0.912. The van der Waals surface area contributed by atoms with Crippen LogP contribution < -0.4 is 0 Å². The average Bonchev–Trinajstić information content (AvgIpc) is 1.97. The lowest BCUT2D eigenvalue weighted by Gasteiger charge is -2.04. The smallest absolute Gasteiger partial charge is 0.0218 e. The Morgan fingerprint density at radius 1 is 1.18 bits per heavy atom. The first kappa shape index (κ1) is 9.27. The average molecular weight is 278 g/mol. The summed E-state index contributed by atoms with van der Waals surface area (Å²) in [7, 11) is 0. The Morgan fingerprint density at radius 2 is 1.73 bits per heavy atom. The second kappa shape index (κ2) is 4.27. The molecule has 0 amide bonds. The van der Waals surface area contributed by atoms with Gasteiger partial charge >= 0.3 is 0 Å². The summed E-state index contributed by atoms with van der Waals surface area (Å²) in [5.74, 6) is 0. The van der Waals surface area contributed by atoms with E-state index in [-0.39, 0.29) is 0 Å². The van der Waals surface area contributed by atoms with E-state index in [0.29, 0.717) is 0 Å². The molecule has 0 bridgehead atoms. The summed E-state index contributed by atoms with van der Waals surface area (Å²) < 4.78 is 2.41. The highest BCUT2D eigenvalue weighted by Crippen LogP contribution is 2.25. The van der Waals surface area contributed by atoms with E-state index in [2.05, 4.69) is 50.9 Å². The molecule has 0 atom stereocenters. The van der Waals surface area contributed by atoms with E-state index in [1.54, 1.807) is 0 Å². The molecule has 0 saturated carbocycles. The van der Waals surface area contributed by atoms with E-state index in [9.17, 15) is 0 Å². The maximum Gasteiger partial charge on any atom is 0.0218 e. The van der Waals surface area contributed by atoms with Gasteiger partial charge in [-0.3, -0.25) is 0 Å². The van der Waals surface area contributed by atoms with Crippen molar-refractivity contribution in [3.8, 4) is 0 Å². The molecule has 2 heteroatoms. The second-order valence-corrected chi connectivity index (χ2v) is 4.16. The molecule has 0 heterocycles. The topological polar surface area (TPSA) is 0 Å². The van der Waals surface area contributed by atoms with Gasteiger partial charge in [0.2, 0.25) is 0 Å². The van der Waals surface area contributed by atoms with Crippen LogP contribution in [-0.2, 0) is 6.42 Å². The van der Waals surface area contributed by atoms with Gasteiger partial charge in [-0.15, -0.1) is 0 Å². The van der Waals surface area contributed by atoms with Crippen molar-refractivity contribution in [2.75, 3.05) is 0 Å². The fourth-order valence-corrected chi connectivity index (χ4v) is 2.42. The van der Waals surface area contributed by atoms with Crippen LogP contribution in [0.25, 0.3) is 0 Å². The molecule has 1 aromatic carbocycles. The Bertz CT molecular complexity index is 223. The van der Waals surface area contributed by atoms with Gasteiger partial charge < -0.3 is 0 Å². The number of hydrogen-bond acceptors (Lipinski definition) is 0. The highest BCUT2D eigenvalue weighted by Gasteiger charge is 2.01. The van der Waals surface area contributed by atoms with E-state index in [0.717, 1.165) is 6.42 Å². The van der Waals surface area contributed by atoms with Gasteiger partial charge in [0, 0.05) is 8.95 Å². The number of hydrogen-bond donors (Lipinski definition) is 0. The van der Waals surface area contributed by atoms with Crippen molar-refractivity contribution in [3.63, 3.8) is 0 Å². The fourth-order valence-electron chi connectivity index (χ4n) is 1.02. The molecule has 0 unspecified atom stereocenters. The number of benzene rings is 1. The van der Waals surface area contributed by atoms with E-state index >= 15 is 0 Å². The normalized spacial score (nSPS) is 10.1. The molecule has 0 saturated heterocycles. The van der Waals surface area contributed by atoms with Crippen LogP contribution in [0.5, 0.6) is 0 Å². The molecule has 0 radical (unpaired) electrons. The fraction of sp³-hybridized carbons (Fsp3) is 0.333. The minimum Gasteiger partial charge on any atom is -0.0651 e. The first-order valence-electron chi connectivity index (χ1n) is 3.68. The first-order chi connectivity index (χ1) is 5.25. The third kappa shape index (κ3) is 2.31. The van der Waals surface area contributed by atoms with Crippen molar-refractivity contribution in [2.24, 2.45) is 0 Å². The summed E-state index contributed by atoms with van der Waals surface area (Å²) in [4.78, 5) is 0. The first-order valence-corrected chi connectivity index (χ1v) is 5.27.